The number of ether oxygens (including phenoxy) is 1. The molecule has 21 heavy (non-hydrogen) atoms. The summed E-state index contributed by atoms with van der Waals surface area (Å²) in [5, 5.41) is 0. The van der Waals surface area contributed by atoms with E-state index in [9.17, 15) is 0 Å². The van der Waals surface area contributed by atoms with Crippen LogP contribution in [0.4, 0.5) is 0 Å². The predicted molar refractivity (Wildman–Crippen MR) is 89.5 cm³/mol. The molecule has 1 aliphatic rings. The van der Waals surface area contributed by atoms with E-state index in [2.05, 4.69) is 51.0 Å². The van der Waals surface area contributed by atoms with Crippen molar-refractivity contribution in [3.05, 3.63) is 41.5 Å². The highest BCUT2D eigenvalue weighted by Crippen LogP contribution is 2.36. The van der Waals surface area contributed by atoms with E-state index in [-0.39, 0.29) is 6.10 Å². The Morgan fingerprint density at radius 2 is 2.05 bits per heavy atom. The van der Waals surface area contributed by atoms with Crippen LogP contribution in [0.25, 0.3) is 0 Å². The summed E-state index contributed by atoms with van der Waals surface area (Å²) in [6.07, 6.45) is 12.0. The number of terminal acetylenes is 1. The Bertz CT molecular complexity index is 518. The Morgan fingerprint density at radius 1 is 1.33 bits per heavy atom. The highest BCUT2D eigenvalue weighted by atomic mass is 16.5. The maximum atomic E-state index is 6.21. The lowest BCUT2D eigenvalue weighted by atomic mass is 9.97. The summed E-state index contributed by atoms with van der Waals surface area (Å²) >= 11 is 0. The molecule has 112 valence electrons. The number of rotatable bonds is 5. The largest absolute Gasteiger partial charge is 0.490 e. The second-order valence-corrected chi connectivity index (χ2v) is 5.97. The molecule has 0 heterocycles. The van der Waals surface area contributed by atoms with E-state index in [0.717, 1.165) is 25.0 Å². The van der Waals surface area contributed by atoms with E-state index >= 15 is 0 Å². The Morgan fingerprint density at radius 3 is 2.62 bits per heavy atom. The van der Waals surface area contributed by atoms with Crippen molar-refractivity contribution in [2.24, 2.45) is 5.92 Å². The van der Waals surface area contributed by atoms with Crippen molar-refractivity contribution in [3.8, 4) is 18.1 Å². The highest BCUT2D eigenvalue weighted by Gasteiger charge is 2.31. The first kappa shape index (κ1) is 15.7. The number of hydrogen-bond acceptors (Lipinski definition) is 1. The van der Waals surface area contributed by atoms with Crippen LogP contribution in [0.1, 0.15) is 57.9 Å². The molecule has 0 saturated heterocycles. The molecule has 0 bridgehead atoms. The normalized spacial score (nSPS) is 24.8. The molecule has 2 rings (SSSR count). The molecule has 1 heteroatoms. The van der Waals surface area contributed by atoms with Crippen LogP contribution < -0.4 is 4.74 Å². The van der Waals surface area contributed by atoms with E-state index in [4.69, 9.17) is 11.2 Å². The smallest absolute Gasteiger partial charge is 0.119 e. The minimum absolute atomic E-state index is 0.268. The van der Waals surface area contributed by atoms with Crippen LogP contribution in [-0.2, 0) is 0 Å². The summed E-state index contributed by atoms with van der Waals surface area (Å²) in [5.41, 5.74) is 2.76. The zero-order valence-electron chi connectivity index (χ0n) is 13.4. The Balaban J connectivity index is 2.05. The zero-order chi connectivity index (χ0) is 15.2. The van der Waals surface area contributed by atoms with E-state index in [1.165, 1.54) is 17.6 Å². The average Bonchev–Trinajstić information content (AvgIpc) is 2.89. The van der Waals surface area contributed by atoms with Gasteiger partial charge in [0.25, 0.3) is 0 Å². The van der Waals surface area contributed by atoms with Gasteiger partial charge >= 0.3 is 0 Å². The van der Waals surface area contributed by atoms with E-state index in [1.54, 1.807) is 0 Å². The first-order chi connectivity index (χ1) is 10.2. The van der Waals surface area contributed by atoms with E-state index in [0.29, 0.717) is 11.8 Å². The van der Waals surface area contributed by atoms with Crippen LogP contribution in [0.2, 0.25) is 0 Å². The molecule has 1 aromatic rings. The van der Waals surface area contributed by atoms with Crippen molar-refractivity contribution in [1.82, 2.24) is 0 Å². The number of benzene rings is 1. The first-order valence-corrected chi connectivity index (χ1v) is 8.11. The van der Waals surface area contributed by atoms with Gasteiger partial charge in [-0.3, -0.25) is 0 Å². The monoisotopic (exact) mass is 282 g/mol. The number of hydrogen-bond donors (Lipinski definition) is 0. The van der Waals surface area contributed by atoms with Crippen LogP contribution in [0, 0.1) is 18.3 Å². The molecule has 1 aliphatic carbocycles. The van der Waals surface area contributed by atoms with Crippen LogP contribution in [0.15, 0.2) is 35.9 Å². The first-order valence-electron chi connectivity index (χ1n) is 8.11. The van der Waals surface area contributed by atoms with Crippen molar-refractivity contribution in [1.29, 1.82) is 0 Å². The van der Waals surface area contributed by atoms with Gasteiger partial charge in [0.05, 0.1) is 0 Å². The Hall–Kier alpha value is -1.68. The molecule has 0 aromatic heterocycles. The summed E-state index contributed by atoms with van der Waals surface area (Å²) in [5.74, 6) is 4.72. The molecular formula is C20H26O. The summed E-state index contributed by atoms with van der Waals surface area (Å²) in [7, 11) is 0. The maximum absolute atomic E-state index is 6.21. The van der Waals surface area contributed by atoms with Crippen molar-refractivity contribution >= 4 is 0 Å². The van der Waals surface area contributed by atoms with Crippen molar-refractivity contribution in [2.45, 2.75) is 58.5 Å². The second kappa shape index (κ2) is 7.36. The maximum Gasteiger partial charge on any atom is 0.119 e. The lowest BCUT2D eigenvalue weighted by molar-refractivity contribution is 0.166. The van der Waals surface area contributed by atoms with Gasteiger partial charge < -0.3 is 4.74 Å². The molecule has 0 N–H and O–H groups in total. The summed E-state index contributed by atoms with van der Waals surface area (Å²) < 4.78 is 6.21. The van der Waals surface area contributed by atoms with Gasteiger partial charge in [0, 0.05) is 5.92 Å². The van der Waals surface area contributed by atoms with Gasteiger partial charge in [0.1, 0.15) is 11.9 Å². The lowest BCUT2D eigenvalue weighted by Gasteiger charge is -2.21. The van der Waals surface area contributed by atoms with E-state index in [1.807, 2.05) is 6.08 Å². The summed E-state index contributed by atoms with van der Waals surface area (Å²) in [6, 6.07) is 8.60. The zero-order valence-corrected chi connectivity index (χ0v) is 13.4. The van der Waals surface area contributed by atoms with Gasteiger partial charge in [-0.25, -0.2) is 0 Å². The molecule has 0 aliphatic heterocycles. The lowest BCUT2D eigenvalue weighted by Crippen LogP contribution is -2.21. The van der Waals surface area contributed by atoms with Gasteiger partial charge in [-0.1, -0.05) is 44.4 Å². The third-order valence-electron chi connectivity index (χ3n) is 4.70. The minimum Gasteiger partial charge on any atom is -0.490 e. The Kier molecular flexibility index (Phi) is 5.51. The molecule has 1 aromatic carbocycles. The molecule has 3 unspecified atom stereocenters. The SMILES string of the molecule is C#C/C=C1/CCC(Oc2ccc(C(C)CC)cc2)C1CC. The molecule has 0 spiro atoms. The van der Waals surface area contributed by atoms with Gasteiger partial charge in [0.2, 0.25) is 0 Å². The van der Waals surface area contributed by atoms with Crippen molar-refractivity contribution < 1.29 is 4.74 Å². The topological polar surface area (TPSA) is 9.23 Å². The molecule has 1 nitrogen and oxygen atoms in total. The van der Waals surface area contributed by atoms with Gasteiger partial charge in [-0.2, -0.15) is 0 Å². The number of allylic oxidation sites excluding steroid dienone is 1. The second-order valence-electron chi connectivity index (χ2n) is 5.97. The quantitative estimate of drug-likeness (QED) is 0.663. The third-order valence-corrected chi connectivity index (χ3v) is 4.70. The Labute approximate surface area is 129 Å². The van der Waals surface area contributed by atoms with E-state index < -0.39 is 0 Å². The highest BCUT2D eigenvalue weighted by molar-refractivity contribution is 5.30. The molecule has 0 amide bonds. The van der Waals surface area contributed by atoms with Crippen molar-refractivity contribution in [3.63, 3.8) is 0 Å². The van der Waals surface area contributed by atoms with Crippen LogP contribution in [-0.4, -0.2) is 6.10 Å². The fourth-order valence-corrected chi connectivity index (χ4v) is 3.17. The van der Waals surface area contributed by atoms with Crippen LogP contribution >= 0.6 is 0 Å². The van der Waals surface area contributed by atoms with Gasteiger partial charge in [-0.05, 0) is 55.4 Å². The third kappa shape index (κ3) is 3.70. The predicted octanol–water partition coefficient (Wildman–Crippen LogP) is 5.33. The fraction of sp³-hybridized carbons (Fsp3) is 0.500. The molecule has 0 radical (unpaired) electrons. The van der Waals surface area contributed by atoms with Crippen molar-refractivity contribution in [2.75, 3.05) is 0 Å². The average molecular weight is 282 g/mol. The minimum atomic E-state index is 0.268. The van der Waals surface area contributed by atoms with Crippen LogP contribution in [0.5, 0.6) is 5.75 Å². The standard InChI is InChI=1S/C20H26O/c1-5-8-17-11-14-20(19(17)7-3)21-18-12-9-16(10-13-18)15(4)6-2/h1,8-10,12-13,15,19-20H,6-7,11,14H2,2-4H3/b17-8-. The van der Waals surface area contributed by atoms with Gasteiger partial charge in [0.15, 0.2) is 0 Å². The summed E-state index contributed by atoms with van der Waals surface area (Å²) in [4.78, 5) is 0. The molecule has 1 fully saturated rings. The molecule has 1 saturated carbocycles. The molecular weight excluding hydrogens is 256 g/mol. The van der Waals surface area contributed by atoms with Gasteiger partial charge in [-0.15, -0.1) is 6.42 Å². The fourth-order valence-electron chi connectivity index (χ4n) is 3.17. The van der Waals surface area contributed by atoms with Crippen LogP contribution in [0.3, 0.4) is 0 Å². The molecule has 3 atom stereocenters. The summed E-state index contributed by atoms with van der Waals surface area (Å²) in [6.45, 7) is 6.69.